The Labute approximate surface area is 148 Å². The van der Waals surface area contributed by atoms with Gasteiger partial charge in [0.2, 0.25) is 0 Å². The molecule has 2 rings (SSSR count). The zero-order valence-electron chi connectivity index (χ0n) is 12.1. The Hall–Kier alpha value is -1.62. The molecule has 0 heterocycles. The molecule has 0 bridgehead atoms. The highest BCUT2D eigenvalue weighted by molar-refractivity contribution is 6.35. The summed E-state index contributed by atoms with van der Waals surface area (Å²) in [5.74, 6) is -0.707. The smallest absolute Gasteiger partial charge is 0.338 e. The summed E-state index contributed by atoms with van der Waals surface area (Å²) in [4.78, 5) is 12.1. The number of halogens is 3. The van der Waals surface area contributed by atoms with Gasteiger partial charge in [-0.05, 0) is 31.2 Å². The van der Waals surface area contributed by atoms with Crippen molar-refractivity contribution in [3.05, 3.63) is 56.5 Å². The minimum Gasteiger partial charge on any atom is -0.503 e. The summed E-state index contributed by atoms with van der Waals surface area (Å²) < 4.78 is 10.4. The monoisotopic (exact) mass is 374 g/mol. The Kier molecular flexibility index (Phi) is 5.99. The molecule has 0 aromatic heterocycles. The van der Waals surface area contributed by atoms with Crippen LogP contribution in [0.2, 0.25) is 15.1 Å². The van der Waals surface area contributed by atoms with Crippen LogP contribution < -0.4 is 4.74 Å². The van der Waals surface area contributed by atoms with Crippen LogP contribution >= 0.6 is 34.8 Å². The summed E-state index contributed by atoms with van der Waals surface area (Å²) >= 11 is 17.7. The Bertz CT molecular complexity index is 732. The second kappa shape index (κ2) is 7.77. The highest BCUT2D eigenvalue weighted by Gasteiger charge is 2.16. The van der Waals surface area contributed by atoms with Gasteiger partial charge in [-0.2, -0.15) is 0 Å². The number of benzene rings is 2. The van der Waals surface area contributed by atoms with Crippen molar-refractivity contribution >= 4 is 40.8 Å². The molecule has 23 heavy (non-hydrogen) atoms. The summed E-state index contributed by atoms with van der Waals surface area (Å²) in [7, 11) is 0. The van der Waals surface area contributed by atoms with Crippen molar-refractivity contribution < 1.29 is 19.4 Å². The fraction of sp³-hybridized carbons (Fsp3) is 0.188. The van der Waals surface area contributed by atoms with E-state index in [0.717, 1.165) is 0 Å². The van der Waals surface area contributed by atoms with Crippen LogP contribution in [0.5, 0.6) is 11.5 Å². The molecule has 0 radical (unpaired) electrons. The first-order valence-electron chi connectivity index (χ1n) is 6.68. The fourth-order valence-electron chi connectivity index (χ4n) is 1.82. The average Bonchev–Trinajstić information content (AvgIpc) is 2.50. The van der Waals surface area contributed by atoms with E-state index in [1.54, 1.807) is 25.1 Å². The van der Waals surface area contributed by atoms with E-state index < -0.39 is 5.97 Å². The van der Waals surface area contributed by atoms with Gasteiger partial charge in [-0.15, -0.1) is 0 Å². The Morgan fingerprint density at radius 2 is 1.87 bits per heavy atom. The van der Waals surface area contributed by atoms with E-state index in [-0.39, 0.29) is 28.7 Å². The van der Waals surface area contributed by atoms with E-state index in [0.29, 0.717) is 22.2 Å². The van der Waals surface area contributed by atoms with E-state index in [1.165, 1.54) is 12.1 Å². The number of carbonyl (C=O) groups excluding carboxylic acids is 1. The topological polar surface area (TPSA) is 55.8 Å². The number of rotatable bonds is 5. The normalized spacial score (nSPS) is 10.4. The second-order valence-electron chi connectivity index (χ2n) is 4.55. The lowest BCUT2D eigenvalue weighted by Gasteiger charge is -2.11. The molecule has 0 aliphatic heterocycles. The Balaban J connectivity index is 2.14. The summed E-state index contributed by atoms with van der Waals surface area (Å²) in [6.45, 7) is 2.06. The molecule has 0 fully saturated rings. The minimum absolute atomic E-state index is 0.00688. The van der Waals surface area contributed by atoms with Gasteiger partial charge < -0.3 is 14.6 Å². The Morgan fingerprint density at radius 3 is 2.52 bits per heavy atom. The van der Waals surface area contributed by atoms with Crippen LogP contribution in [0.15, 0.2) is 30.3 Å². The number of esters is 1. The predicted molar refractivity (Wildman–Crippen MR) is 89.9 cm³/mol. The van der Waals surface area contributed by atoms with Crippen molar-refractivity contribution in [2.45, 2.75) is 13.5 Å². The number of aromatic hydroxyl groups is 1. The molecule has 0 unspecified atom stereocenters. The van der Waals surface area contributed by atoms with Crippen LogP contribution in [-0.2, 0) is 11.3 Å². The van der Waals surface area contributed by atoms with Crippen LogP contribution in [-0.4, -0.2) is 17.7 Å². The highest BCUT2D eigenvalue weighted by Crippen LogP contribution is 2.35. The van der Waals surface area contributed by atoms with Crippen LogP contribution in [0, 0.1) is 0 Å². The zero-order valence-corrected chi connectivity index (χ0v) is 14.4. The first kappa shape index (κ1) is 17.7. The van der Waals surface area contributed by atoms with Crippen molar-refractivity contribution in [2.24, 2.45) is 0 Å². The first-order chi connectivity index (χ1) is 10.9. The molecular formula is C16H13Cl3O4. The lowest BCUT2D eigenvalue weighted by molar-refractivity contribution is 0.0472. The molecule has 0 saturated heterocycles. The third kappa shape index (κ3) is 4.44. The first-order valence-corrected chi connectivity index (χ1v) is 7.82. The largest absolute Gasteiger partial charge is 0.503 e. The van der Waals surface area contributed by atoms with E-state index in [4.69, 9.17) is 44.3 Å². The van der Waals surface area contributed by atoms with Crippen molar-refractivity contribution in [2.75, 3.05) is 6.61 Å². The standard InChI is InChI=1S/C16H13Cl3O4/c1-2-22-14-6-10(5-13(19)15(14)20)16(21)23-8-9-3-4-11(17)7-12(9)18/h3-7,20H,2,8H2,1H3. The van der Waals surface area contributed by atoms with Gasteiger partial charge in [-0.1, -0.05) is 40.9 Å². The van der Waals surface area contributed by atoms with Gasteiger partial charge in [0.05, 0.1) is 17.2 Å². The van der Waals surface area contributed by atoms with Gasteiger partial charge in [-0.25, -0.2) is 4.79 Å². The van der Waals surface area contributed by atoms with E-state index in [1.807, 2.05) is 0 Å². The van der Waals surface area contributed by atoms with Crippen LogP contribution in [0.1, 0.15) is 22.8 Å². The number of phenolic OH excluding ortho intramolecular Hbond substituents is 1. The minimum atomic E-state index is -0.612. The number of ether oxygens (including phenoxy) is 2. The fourth-order valence-corrected chi connectivity index (χ4v) is 2.50. The number of hydrogen-bond acceptors (Lipinski definition) is 4. The van der Waals surface area contributed by atoms with Gasteiger partial charge in [0.15, 0.2) is 11.5 Å². The SMILES string of the molecule is CCOc1cc(C(=O)OCc2ccc(Cl)cc2Cl)cc(Cl)c1O. The molecular weight excluding hydrogens is 363 g/mol. The summed E-state index contributed by atoms with van der Waals surface area (Å²) in [6, 6.07) is 7.58. The van der Waals surface area contributed by atoms with Crippen molar-refractivity contribution in [3.8, 4) is 11.5 Å². The number of carbonyl (C=O) groups is 1. The van der Waals surface area contributed by atoms with Gasteiger partial charge in [0, 0.05) is 15.6 Å². The van der Waals surface area contributed by atoms with Gasteiger partial charge >= 0.3 is 5.97 Å². The van der Waals surface area contributed by atoms with Crippen molar-refractivity contribution in [1.82, 2.24) is 0 Å². The quantitative estimate of drug-likeness (QED) is 0.738. The van der Waals surface area contributed by atoms with E-state index in [9.17, 15) is 9.90 Å². The summed E-state index contributed by atoms with van der Waals surface area (Å²) in [5.41, 5.74) is 0.792. The predicted octanol–water partition coefficient (Wildman–Crippen LogP) is 5.11. The molecule has 0 aliphatic rings. The lowest BCUT2D eigenvalue weighted by atomic mass is 10.2. The molecule has 122 valence electrons. The molecule has 0 saturated carbocycles. The maximum absolute atomic E-state index is 12.1. The molecule has 1 N–H and O–H groups in total. The number of phenols is 1. The van der Waals surface area contributed by atoms with Gasteiger partial charge in [0.1, 0.15) is 6.61 Å². The molecule has 0 aliphatic carbocycles. The third-order valence-corrected chi connectivity index (χ3v) is 3.81. The van der Waals surface area contributed by atoms with Crippen molar-refractivity contribution in [3.63, 3.8) is 0 Å². The highest BCUT2D eigenvalue weighted by atomic mass is 35.5. The van der Waals surface area contributed by atoms with E-state index >= 15 is 0 Å². The summed E-state index contributed by atoms with van der Waals surface area (Å²) in [5, 5.41) is 10.7. The van der Waals surface area contributed by atoms with Crippen LogP contribution in [0.3, 0.4) is 0 Å². The maximum atomic E-state index is 12.1. The number of hydrogen-bond donors (Lipinski definition) is 1. The lowest BCUT2D eigenvalue weighted by Crippen LogP contribution is -2.06. The molecule has 7 heteroatoms. The van der Waals surface area contributed by atoms with Crippen LogP contribution in [0.25, 0.3) is 0 Å². The molecule has 0 spiro atoms. The summed E-state index contributed by atoms with van der Waals surface area (Å²) in [6.07, 6.45) is 0. The van der Waals surface area contributed by atoms with Gasteiger partial charge in [0.25, 0.3) is 0 Å². The molecule has 4 nitrogen and oxygen atoms in total. The second-order valence-corrected chi connectivity index (χ2v) is 5.80. The van der Waals surface area contributed by atoms with Crippen molar-refractivity contribution in [1.29, 1.82) is 0 Å². The molecule has 0 amide bonds. The maximum Gasteiger partial charge on any atom is 0.338 e. The average molecular weight is 376 g/mol. The van der Waals surface area contributed by atoms with Gasteiger partial charge in [-0.3, -0.25) is 0 Å². The molecule has 2 aromatic carbocycles. The molecule has 0 atom stereocenters. The Morgan fingerprint density at radius 1 is 1.13 bits per heavy atom. The molecule has 2 aromatic rings. The van der Waals surface area contributed by atoms with Crippen LogP contribution in [0.4, 0.5) is 0 Å². The van der Waals surface area contributed by atoms with E-state index in [2.05, 4.69) is 0 Å². The zero-order chi connectivity index (χ0) is 17.0. The third-order valence-electron chi connectivity index (χ3n) is 2.94.